The van der Waals surface area contributed by atoms with Crippen molar-refractivity contribution in [3.05, 3.63) is 53.6 Å². The van der Waals surface area contributed by atoms with Crippen LogP contribution >= 0.6 is 0 Å². The summed E-state index contributed by atoms with van der Waals surface area (Å²) >= 11 is 0. The molecule has 2 aromatic rings. The average Bonchev–Trinajstić information content (AvgIpc) is 2.48. The number of methoxy groups -OCH3 is 1. The second-order valence-electron chi connectivity index (χ2n) is 4.80. The van der Waals surface area contributed by atoms with Crippen LogP contribution in [0.5, 0.6) is 5.75 Å². The predicted octanol–water partition coefficient (Wildman–Crippen LogP) is 2.69. The molecule has 1 aromatic carbocycles. The lowest BCUT2D eigenvalue weighted by atomic mass is 9.99. The van der Waals surface area contributed by atoms with Crippen LogP contribution in [-0.2, 0) is 6.42 Å². The molecule has 0 radical (unpaired) electrons. The molecule has 2 rings (SSSR count). The molecule has 0 bridgehead atoms. The summed E-state index contributed by atoms with van der Waals surface area (Å²) in [6.45, 7) is 5.09. The number of nitrogens with zero attached hydrogens (tertiary/aromatic N) is 2. The van der Waals surface area contributed by atoms with E-state index < -0.39 is 0 Å². The van der Waals surface area contributed by atoms with Crippen LogP contribution in [-0.4, -0.2) is 23.6 Å². The summed E-state index contributed by atoms with van der Waals surface area (Å²) in [5.41, 5.74) is 3.53. The van der Waals surface area contributed by atoms with Gasteiger partial charge < -0.3 is 10.1 Å². The molecule has 0 aliphatic heterocycles. The highest BCUT2D eigenvalue weighted by atomic mass is 16.5. The molecule has 1 unspecified atom stereocenters. The summed E-state index contributed by atoms with van der Waals surface area (Å²) in [5, 5.41) is 3.48. The van der Waals surface area contributed by atoms with Crippen LogP contribution in [0.2, 0.25) is 0 Å². The highest BCUT2D eigenvalue weighted by Crippen LogP contribution is 2.25. The summed E-state index contributed by atoms with van der Waals surface area (Å²) in [7, 11) is 1.71. The lowest BCUT2D eigenvalue weighted by molar-refractivity contribution is 0.405. The van der Waals surface area contributed by atoms with Crippen LogP contribution in [0.25, 0.3) is 0 Å². The van der Waals surface area contributed by atoms with Crippen LogP contribution in [0.3, 0.4) is 0 Å². The fraction of sp³-hybridized carbons (Fsp3) is 0.375. The lowest BCUT2D eigenvalue weighted by Gasteiger charge is -2.19. The van der Waals surface area contributed by atoms with Gasteiger partial charge in [-0.25, -0.2) is 9.97 Å². The van der Waals surface area contributed by atoms with Crippen molar-refractivity contribution < 1.29 is 4.74 Å². The zero-order chi connectivity index (χ0) is 14.4. The maximum Gasteiger partial charge on any atom is 0.122 e. The Morgan fingerprint density at radius 2 is 2.00 bits per heavy atom. The molecular formula is C16H21N3O. The van der Waals surface area contributed by atoms with Crippen molar-refractivity contribution in [1.29, 1.82) is 0 Å². The predicted molar refractivity (Wildman–Crippen MR) is 79.9 cm³/mol. The van der Waals surface area contributed by atoms with Gasteiger partial charge in [0, 0.05) is 24.0 Å². The first-order chi connectivity index (χ1) is 9.74. The molecule has 4 nitrogen and oxygen atoms in total. The van der Waals surface area contributed by atoms with E-state index in [1.807, 2.05) is 18.5 Å². The Morgan fingerprint density at radius 3 is 2.65 bits per heavy atom. The topological polar surface area (TPSA) is 47.0 Å². The Balaban J connectivity index is 2.26. The molecule has 0 saturated heterocycles. The second-order valence-corrected chi connectivity index (χ2v) is 4.80. The summed E-state index contributed by atoms with van der Waals surface area (Å²) in [6, 6.07) is 6.45. The molecule has 1 aromatic heterocycles. The van der Waals surface area contributed by atoms with E-state index in [4.69, 9.17) is 4.74 Å². The number of rotatable bonds is 6. The molecule has 20 heavy (non-hydrogen) atoms. The highest BCUT2D eigenvalue weighted by molar-refractivity contribution is 5.38. The van der Waals surface area contributed by atoms with Gasteiger partial charge in [0.25, 0.3) is 0 Å². The number of aromatic nitrogens is 2. The quantitative estimate of drug-likeness (QED) is 0.877. The van der Waals surface area contributed by atoms with Gasteiger partial charge in [0.15, 0.2) is 0 Å². The van der Waals surface area contributed by atoms with Gasteiger partial charge in [-0.05, 0) is 31.5 Å². The van der Waals surface area contributed by atoms with Gasteiger partial charge in [-0.15, -0.1) is 0 Å². The van der Waals surface area contributed by atoms with E-state index >= 15 is 0 Å². The Kier molecular flexibility index (Phi) is 5.07. The molecule has 1 heterocycles. The largest absolute Gasteiger partial charge is 0.496 e. The number of ether oxygens (including phenoxy) is 1. The van der Waals surface area contributed by atoms with Gasteiger partial charge in [-0.3, -0.25) is 0 Å². The van der Waals surface area contributed by atoms with Gasteiger partial charge in [0.1, 0.15) is 12.1 Å². The fourth-order valence-corrected chi connectivity index (χ4v) is 2.33. The fourth-order valence-electron chi connectivity index (χ4n) is 2.33. The number of hydrogen-bond acceptors (Lipinski definition) is 4. The van der Waals surface area contributed by atoms with Crippen molar-refractivity contribution in [3.63, 3.8) is 0 Å². The van der Waals surface area contributed by atoms with Crippen LogP contribution in [0, 0.1) is 6.92 Å². The van der Waals surface area contributed by atoms with Crippen molar-refractivity contribution in [2.24, 2.45) is 0 Å². The van der Waals surface area contributed by atoms with E-state index in [2.05, 4.69) is 41.3 Å². The molecule has 4 heteroatoms. The van der Waals surface area contributed by atoms with Gasteiger partial charge >= 0.3 is 0 Å². The maximum atomic E-state index is 5.46. The molecule has 0 spiro atoms. The molecule has 0 aliphatic rings. The van der Waals surface area contributed by atoms with Gasteiger partial charge in [-0.1, -0.05) is 24.6 Å². The van der Waals surface area contributed by atoms with Crippen molar-refractivity contribution in [3.8, 4) is 5.75 Å². The summed E-state index contributed by atoms with van der Waals surface area (Å²) in [6.07, 6.45) is 6.14. The number of likely N-dealkylation sites (N-methyl/N-ethyl adjacent to an activating group) is 1. The Bertz CT molecular complexity index is 543. The smallest absolute Gasteiger partial charge is 0.122 e. The van der Waals surface area contributed by atoms with Crippen LogP contribution < -0.4 is 10.1 Å². The Hall–Kier alpha value is -1.94. The maximum absolute atomic E-state index is 5.46. The minimum Gasteiger partial charge on any atom is -0.496 e. The van der Waals surface area contributed by atoms with E-state index in [1.165, 1.54) is 11.1 Å². The molecule has 0 fully saturated rings. The number of benzene rings is 1. The van der Waals surface area contributed by atoms with Crippen molar-refractivity contribution in [2.75, 3.05) is 13.7 Å². The third-order valence-electron chi connectivity index (χ3n) is 3.29. The van der Waals surface area contributed by atoms with Crippen LogP contribution in [0.1, 0.15) is 29.7 Å². The van der Waals surface area contributed by atoms with Crippen LogP contribution in [0.4, 0.5) is 0 Å². The number of aryl methyl sites for hydroxylation is 1. The summed E-state index contributed by atoms with van der Waals surface area (Å²) in [5.74, 6) is 0.926. The Labute approximate surface area is 120 Å². The number of hydrogen-bond donors (Lipinski definition) is 1. The number of nitrogens with one attached hydrogen (secondary N) is 1. The Morgan fingerprint density at radius 1 is 1.25 bits per heavy atom. The molecule has 106 valence electrons. The minimum absolute atomic E-state index is 0.192. The van der Waals surface area contributed by atoms with Crippen molar-refractivity contribution >= 4 is 0 Å². The molecule has 0 aliphatic carbocycles. The van der Waals surface area contributed by atoms with Crippen molar-refractivity contribution in [2.45, 2.75) is 26.3 Å². The summed E-state index contributed by atoms with van der Waals surface area (Å²) in [4.78, 5) is 8.21. The normalized spacial score (nSPS) is 12.2. The molecule has 1 atom stereocenters. The van der Waals surface area contributed by atoms with Gasteiger partial charge in [0.05, 0.1) is 7.11 Å². The third-order valence-corrected chi connectivity index (χ3v) is 3.29. The first-order valence-corrected chi connectivity index (χ1v) is 6.86. The standard InChI is InChI=1S/C16H21N3O/c1-4-19-15(14-9-17-11-18-10-14)8-13-7-12(2)5-6-16(13)20-3/h5-7,9-11,15,19H,4,8H2,1-3H3. The molecule has 1 N–H and O–H groups in total. The summed E-state index contributed by atoms with van der Waals surface area (Å²) < 4.78 is 5.46. The second kappa shape index (κ2) is 7.01. The van der Waals surface area contributed by atoms with E-state index in [0.717, 1.165) is 24.3 Å². The van der Waals surface area contributed by atoms with Crippen LogP contribution in [0.15, 0.2) is 36.9 Å². The van der Waals surface area contributed by atoms with E-state index in [0.29, 0.717) is 0 Å². The molecular weight excluding hydrogens is 250 g/mol. The molecule has 0 saturated carbocycles. The first kappa shape index (κ1) is 14.5. The minimum atomic E-state index is 0.192. The van der Waals surface area contributed by atoms with Gasteiger partial charge in [-0.2, -0.15) is 0 Å². The monoisotopic (exact) mass is 271 g/mol. The SMILES string of the molecule is CCNC(Cc1cc(C)ccc1OC)c1cncnc1. The third kappa shape index (κ3) is 3.54. The lowest BCUT2D eigenvalue weighted by Crippen LogP contribution is -2.23. The highest BCUT2D eigenvalue weighted by Gasteiger charge is 2.14. The van der Waals surface area contributed by atoms with E-state index in [1.54, 1.807) is 13.4 Å². The van der Waals surface area contributed by atoms with Crippen molar-refractivity contribution in [1.82, 2.24) is 15.3 Å². The first-order valence-electron chi connectivity index (χ1n) is 6.86. The van der Waals surface area contributed by atoms with E-state index in [9.17, 15) is 0 Å². The van der Waals surface area contributed by atoms with E-state index in [-0.39, 0.29) is 6.04 Å². The zero-order valence-electron chi connectivity index (χ0n) is 12.3. The average molecular weight is 271 g/mol. The van der Waals surface area contributed by atoms with Gasteiger partial charge in [0.2, 0.25) is 0 Å². The molecule has 0 amide bonds. The zero-order valence-corrected chi connectivity index (χ0v) is 12.3.